The van der Waals surface area contributed by atoms with Crippen LogP contribution in [0.25, 0.3) is 11.1 Å². The van der Waals surface area contributed by atoms with Gasteiger partial charge in [0.2, 0.25) is 0 Å². The number of benzene rings is 3. The first-order chi connectivity index (χ1) is 12.3. The van der Waals surface area contributed by atoms with Crippen LogP contribution in [-0.4, -0.2) is 11.3 Å². The molecule has 0 heterocycles. The van der Waals surface area contributed by atoms with E-state index in [0.29, 0.717) is 5.75 Å². The lowest BCUT2D eigenvalue weighted by atomic mass is 9.96. The summed E-state index contributed by atoms with van der Waals surface area (Å²) in [6, 6.07) is 24.2. The Hall–Kier alpha value is -2.87. The zero-order chi connectivity index (χ0) is 17.5. The number of phenols is 1. The van der Waals surface area contributed by atoms with Crippen LogP contribution in [0, 0.1) is 0 Å². The maximum atomic E-state index is 10.7. The summed E-state index contributed by atoms with van der Waals surface area (Å²) in [5.74, 6) is 0.341. The molecule has 3 rings (SSSR count). The number of para-hydroxylation sites is 1. The standard InChI is InChI=1S/C23H23NO/c1-2-3-10-19-15-20(18-11-6-4-7-12-18)16-21(23(19)25)17-24-22-13-8-5-9-14-22/h4-9,11-17,25H,2-3,10H2,1H3. The smallest absolute Gasteiger partial charge is 0.127 e. The Bertz CT molecular complexity index is 839. The van der Waals surface area contributed by atoms with Gasteiger partial charge in [-0.15, -0.1) is 0 Å². The number of rotatable bonds is 6. The van der Waals surface area contributed by atoms with Crippen molar-refractivity contribution in [2.45, 2.75) is 26.2 Å². The summed E-state index contributed by atoms with van der Waals surface area (Å²) >= 11 is 0. The van der Waals surface area contributed by atoms with Crippen LogP contribution in [0.15, 0.2) is 77.8 Å². The third kappa shape index (κ3) is 4.36. The molecule has 2 heteroatoms. The fourth-order valence-electron chi connectivity index (χ4n) is 2.83. The van der Waals surface area contributed by atoms with Crippen LogP contribution in [0.4, 0.5) is 5.69 Å². The predicted octanol–water partition coefficient (Wildman–Crippen LogP) is 6.15. The monoisotopic (exact) mass is 329 g/mol. The van der Waals surface area contributed by atoms with Gasteiger partial charge in [0.1, 0.15) is 5.75 Å². The first-order valence-corrected chi connectivity index (χ1v) is 8.78. The number of aromatic hydroxyl groups is 1. The van der Waals surface area contributed by atoms with E-state index in [2.05, 4.69) is 30.1 Å². The van der Waals surface area contributed by atoms with Gasteiger partial charge in [-0.3, -0.25) is 4.99 Å². The van der Waals surface area contributed by atoms with Crippen LogP contribution in [-0.2, 0) is 6.42 Å². The van der Waals surface area contributed by atoms with E-state index in [9.17, 15) is 5.11 Å². The van der Waals surface area contributed by atoms with E-state index in [1.165, 1.54) is 0 Å². The Labute approximate surface area is 149 Å². The molecular weight excluding hydrogens is 306 g/mol. The van der Waals surface area contributed by atoms with Gasteiger partial charge in [-0.05, 0) is 53.8 Å². The average Bonchev–Trinajstić information content (AvgIpc) is 2.67. The van der Waals surface area contributed by atoms with Crippen molar-refractivity contribution in [3.63, 3.8) is 0 Å². The summed E-state index contributed by atoms with van der Waals surface area (Å²) in [6.45, 7) is 2.16. The molecule has 3 aromatic carbocycles. The van der Waals surface area contributed by atoms with E-state index < -0.39 is 0 Å². The molecule has 1 N–H and O–H groups in total. The van der Waals surface area contributed by atoms with Crippen molar-refractivity contribution in [2.75, 3.05) is 0 Å². The number of hydrogen-bond donors (Lipinski definition) is 1. The van der Waals surface area contributed by atoms with E-state index in [1.54, 1.807) is 6.21 Å². The Balaban J connectivity index is 2.02. The highest BCUT2D eigenvalue weighted by Crippen LogP contribution is 2.31. The highest BCUT2D eigenvalue weighted by atomic mass is 16.3. The minimum absolute atomic E-state index is 0.341. The van der Waals surface area contributed by atoms with E-state index >= 15 is 0 Å². The Morgan fingerprint density at radius 1 is 0.880 bits per heavy atom. The van der Waals surface area contributed by atoms with Crippen molar-refractivity contribution in [3.8, 4) is 16.9 Å². The van der Waals surface area contributed by atoms with E-state index in [0.717, 1.165) is 47.2 Å². The largest absolute Gasteiger partial charge is 0.507 e. The molecule has 0 amide bonds. The molecule has 0 unspecified atom stereocenters. The van der Waals surface area contributed by atoms with E-state index in [4.69, 9.17) is 0 Å². The zero-order valence-electron chi connectivity index (χ0n) is 14.5. The summed E-state index contributed by atoms with van der Waals surface area (Å²) in [5.41, 5.74) is 4.88. The quantitative estimate of drug-likeness (QED) is 0.540. The summed E-state index contributed by atoms with van der Waals surface area (Å²) in [6.07, 6.45) is 4.78. The summed E-state index contributed by atoms with van der Waals surface area (Å²) in [5, 5.41) is 10.7. The Morgan fingerprint density at radius 2 is 1.56 bits per heavy atom. The molecule has 0 bridgehead atoms. The number of hydrogen-bond acceptors (Lipinski definition) is 2. The molecule has 0 aliphatic carbocycles. The molecule has 3 aromatic rings. The molecule has 0 atom stereocenters. The van der Waals surface area contributed by atoms with Crippen molar-refractivity contribution < 1.29 is 5.11 Å². The topological polar surface area (TPSA) is 32.6 Å². The first kappa shape index (κ1) is 17.0. The maximum absolute atomic E-state index is 10.7. The van der Waals surface area contributed by atoms with Gasteiger partial charge in [-0.25, -0.2) is 0 Å². The van der Waals surface area contributed by atoms with Crippen molar-refractivity contribution in [3.05, 3.63) is 83.9 Å². The lowest BCUT2D eigenvalue weighted by Gasteiger charge is -2.11. The van der Waals surface area contributed by atoms with Gasteiger partial charge in [0.05, 0.1) is 5.69 Å². The molecule has 25 heavy (non-hydrogen) atoms. The van der Waals surface area contributed by atoms with Crippen LogP contribution >= 0.6 is 0 Å². The number of phenolic OH excluding ortho intramolecular Hbond substituents is 1. The maximum Gasteiger partial charge on any atom is 0.127 e. The van der Waals surface area contributed by atoms with Crippen LogP contribution in [0.2, 0.25) is 0 Å². The third-order valence-corrected chi connectivity index (χ3v) is 4.23. The van der Waals surface area contributed by atoms with Gasteiger partial charge in [-0.2, -0.15) is 0 Å². The molecule has 0 aromatic heterocycles. The Kier molecular flexibility index (Phi) is 5.63. The summed E-state index contributed by atoms with van der Waals surface area (Å²) in [4.78, 5) is 4.51. The minimum Gasteiger partial charge on any atom is -0.507 e. The molecule has 126 valence electrons. The lowest BCUT2D eigenvalue weighted by molar-refractivity contribution is 0.466. The molecule has 2 nitrogen and oxygen atoms in total. The normalized spacial score (nSPS) is 11.1. The van der Waals surface area contributed by atoms with Crippen LogP contribution in [0.5, 0.6) is 5.75 Å². The first-order valence-electron chi connectivity index (χ1n) is 8.78. The van der Waals surface area contributed by atoms with Gasteiger partial charge in [0.25, 0.3) is 0 Å². The molecule has 0 fully saturated rings. The summed E-state index contributed by atoms with van der Waals surface area (Å²) in [7, 11) is 0. The molecule has 0 aliphatic heterocycles. The minimum atomic E-state index is 0.341. The van der Waals surface area contributed by atoms with E-state index in [-0.39, 0.29) is 0 Å². The molecule has 0 aliphatic rings. The average molecular weight is 329 g/mol. The SMILES string of the molecule is CCCCc1cc(-c2ccccc2)cc(C=Nc2ccccc2)c1O. The second-order valence-corrected chi connectivity index (χ2v) is 6.14. The van der Waals surface area contributed by atoms with Crippen molar-refractivity contribution in [2.24, 2.45) is 4.99 Å². The number of aliphatic imine (C=N–C) groups is 1. The molecule has 0 saturated heterocycles. The number of aryl methyl sites for hydroxylation is 1. The zero-order valence-corrected chi connectivity index (χ0v) is 14.5. The van der Waals surface area contributed by atoms with Gasteiger partial charge in [0.15, 0.2) is 0 Å². The Morgan fingerprint density at radius 3 is 2.24 bits per heavy atom. The second kappa shape index (κ2) is 8.29. The van der Waals surface area contributed by atoms with E-state index in [1.807, 2.05) is 54.6 Å². The highest BCUT2D eigenvalue weighted by Gasteiger charge is 2.10. The van der Waals surface area contributed by atoms with Crippen molar-refractivity contribution in [1.82, 2.24) is 0 Å². The number of nitrogens with zero attached hydrogens (tertiary/aromatic N) is 1. The fourth-order valence-corrected chi connectivity index (χ4v) is 2.83. The van der Waals surface area contributed by atoms with Gasteiger partial charge >= 0.3 is 0 Å². The number of unbranched alkanes of at least 4 members (excludes halogenated alkanes) is 1. The molecule has 0 spiro atoms. The molecule has 0 saturated carbocycles. The van der Waals surface area contributed by atoms with Crippen LogP contribution in [0.3, 0.4) is 0 Å². The van der Waals surface area contributed by atoms with Crippen molar-refractivity contribution >= 4 is 11.9 Å². The van der Waals surface area contributed by atoms with Crippen molar-refractivity contribution in [1.29, 1.82) is 0 Å². The van der Waals surface area contributed by atoms with Gasteiger partial charge in [0, 0.05) is 11.8 Å². The second-order valence-electron chi connectivity index (χ2n) is 6.14. The molecule has 0 radical (unpaired) electrons. The third-order valence-electron chi connectivity index (χ3n) is 4.23. The fraction of sp³-hybridized carbons (Fsp3) is 0.174. The predicted molar refractivity (Wildman–Crippen MR) is 106 cm³/mol. The summed E-state index contributed by atoms with van der Waals surface area (Å²) < 4.78 is 0. The van der Waals surface area contributed by atoms with Crippen LogP contribution < -0.4 is 0 Å². The van der Waals surface area contributed by atoms with Crippen LogP contribution in [0.1, 0.15) is 30.9 Å². The lowest BCUT2D eigenvalue weighted by Crippen LogP contribution is -1.93. The molecular formula is C23H23NO. The highest BCUT2D eigenvalue weighted by molar-refractivity contribution is 5.88. The van der Waals surface area contributed by atoms with Gasteiger partial charge in [-0.1, -0.05) is 61.9 Å². The van der Waals surface area contributed by atoms with Gasteiger partial charge < -0.3 is 5.11 Å².